The summed E-state index contributed by atoms with van der Waals surface area (Å²) in [5, 5.41) is 0. The molecule has 142 valence electrons. The second kappa shape index (κ2) is 7.30. The molecule has 2 heterocycles. The van der Waals surface area contributed by atoms with E-state index in [4.69, 9.17) is 0 Å². The Hall–Kier alpha value is -1.42. The molecule has 0 amide bonds. The van der Waals surface area contributed by atoms with E-state index in [-0.39, 0.29) is 14.8 Å². The second-order valence-corrected chi connectivity index (χ2v) is 11.5. The Balaban J connectivity index is 1.93. The normalized spacial score (nSPS) is 16.5. The zero-order chi connectivity index (χ0) is 18.9. The van der Waals surface area contributed by atoms with Crippen LogP contribution in [0.5, 0.6) is 0 Å². The van der Waals surface area contributed by atoms with Crippen molar-refractivity contribution in [1.29, 1.82) is 0 Å². The van der Waals surface area contributed by atoms with Crippen LogP contribution in [0.3, 0.4) is 0 Å². The summed E-state index contributed by atoms with van der Waals surface area (Å²) in [6, 6.07) is 7.87. The van der Waals surface area contributed by atoms with E-state index in [0.717, 1.165) is 24.1 Å². The van der Waals surface area contributed by atoms with Crippen LogP contribution in [0.4, 0.5) is 5.69 Å². The first kappa shape index (κ1) is 19.3. The van der Waals surface area contributed by atoms with Crippen molar-refractivity contribution < 1.29 is 16.8 Å². The van der Waals surface area contributed by atoms with Gasteiger partial charge in [0.25, 0.3) is 10.0 Å². The summed E-state index contributed by atoms with van der Waals surface area (Å²) in [5.41, 5.74) is 0.952. The molecule has 1 aliphatic heterocycles. The molecule has 2 aromatic rings. The number of aryl methyl sites for hydroxylation is 2. The maximum atomic E-state index is 12.8. The quantitative estimate of drug-likeness (QED) is 0.813. The molecule has 1 aromatic carbocycles. The van der Waals surface area contributed by atoms with Gasteiger partial charge in [0.1, 0.15) is 4.21 Å². The molecule has 1 aliphatic rings. The second-order valence-electron chi connectivity index (χ2n) is 6.41. The first-order valence-corrected chi connectivity index (χ1v) is 12.1. The van der Waals surface area contributed by atoms with Gasteiger partial charge in [-0.2, -0.15) is 4.31 Å². The minimum Gasteiger partial charge on any atom is -0.279 e. The number of hydrogen-bond donors (Lipinski definition) is 1. The molecule has 0 radical (unpaired) electrons. The highest BCUT2D eigenvalue weighted by atomic mass is 32.2. The topological polar surface area (TPSA) is 83.5 Å². The van der Waals surface area contributed by atoms with Crippen molar-refractivity contribution in [3.05, 3.63) is 40.8 Å². The number of anilines is 1. The van der Waals surface area contributed by atoms with Crippen LogP contribution >= 0.6 is 11.3 Å². The van der Waals surface area contributed by atoms with Crippen molar-refractivity contribution in [2.24, 2.45) is 0 Å². The highest BCUT2D eigenvalue weighted by Gasteiger charge is 2.27. The van der Waals surface area contributed by atoms with E-state index in [9.17, 15) is 16.8 Å². The minimum absolute atomic E-state index is 0.116. The number of rotatable bonds is 5. The van der Waals surface area contributed by atoms with E-state index in [2.05, 4.69) is 4.72 Å². The largest absolute Gasteiger partial charge is 0.279 e. The van der Waals surface area contributed by atoms with E-state index in [1.54, 1.807) is 25.1 Å². The highest BCUT2D eigenvalue weighted by Crippen LogP contribution is 2.28. The maximum Gasteiger partial charge on any atom is 0.271 e. The minimum atomic E-state index is -3.74. The number of piperidine rings is 1. The average Bonchev–Trinajstić information content (AvgIpc) is 3.05. The van der Waals surface area contributed by atoms with E-state index in [1.807, 2.05) is 6.92 Å². The Morgan fingerprint density at radius 2 is 1.65 bits per heavy atom. The number of sulfonamides is 2. The molecule has 6 nitrogen and oxygen atoms in total. The third-order valence-electron chi connectivity index (χ3n) is 4.39. The molecule has 1 aromatic heterocycles. The Morgan fingerprint density at radius 1 is 0.962 bits per heavy atom. The smallest absolute Gasteiger partial charge is 0.271 e. The molecule has 1 saturated heterocycles. The third-order valence-corrected chi connectivity index (χ3v) is 9.14. The summed E-state index contributed by atoms with van der Waals surface area (Å²) in [4.78, 5) is 1.01. The van der Waals surface area contributed by atoms with Gasteiger partial charge in [-0.05, 0) is 56.5 Å². The summed E-state index contributed by atoms with van der Waals surface area (Å²) in [7, 11) is -7.36. The Labute approximate surface area is 159 Å². The fraction of sp³-hybridized carbons (Fsp3) is 0.412. The van der Waals surface area contributed by atoms with Gasteiger partial charge in [0.05, 0.1) is 10.6 Å². The summed E-state index contributed by atoms with van der Waals surface area (Å²) in [6.07, 6.45) is 2.73. The number of thiophene rings is 1. The lowest BCUT2D eigenvalue weighted by molar-refractivity contribution is 0.346. The van der Waals surface area contributed by atoms with Crippen molar-refractivity contribution in [2.45, 2.75) is 42.2 Å². The molecule has 0 bridgehead atoms. The van der Waals surface area contributed by atoms with Gasteiger partial charge in [-0.25, -0.2) is 16.8 Å². The zero-order valence-corrected chi connectivity index (χ0v) is 17.2. The Morgan fingerprint density at radius 3 is 2.27 bits per heavy atom. The fourth-order valence-electron chi connectivity index (χ4n) is 2.88. The van der Waals surface area contributed by atoms with Gasteiger partial charge in [0.2, 0.25) is 10.0 Å². The lowest BCUT2D eigenvalue weighted by Crippen LogP contribution is -2.35. The molecule has 0 saturated carbocycles. The molecule has 1 N–H and O–H groups in total. The molecule has 1 fully saturated rings. The van der Waals surface area contributed by atoms with Gasteiger partial charge >= 0.3 is 0 Å². The summed E-state index contributed by atoms with van der Waals surface area (Å²) < 4.78 is 55.0. The van der Waals surface area contributed by atoms with Gasteiger partial charge in [-0.3, -0.25) is 4.72 Å². The SMILES string of the molecule is Cc1ccc(S(=O)(=O)Nc2cc(S(=O)(=O)N3CCCCC3)ccc2C)s1. The fourth-order valence-corrected chi connectivity index (χ4v) is 6.83. The molecule has 26 heavy (non-hydrogen) atoms. The summed E-state index contributed by atoms with van der Waals surface area (Å²) >= 11 is 1.18. The predicted octanol–water partition coefficient (Wildman–Crippen LogP) is 3.34. The number of benzene rings is 1. The van der Waals surface area contributed by atoms with Gasteiger partial charge in [-0.1, -0.05) is 12.5 Å². The Kier molecular flexibility index (Phi) is 5.43. The van der Waals surface area contributed by atoms with Gasteiger partial charge < -0.3 is 0 Å². The van der Waals surface area contributed by atoms with Crippen molar-refractivity contribution in [3.63, 3.8) is 0 Å². The van der Waals surface area contributed by atoms with Crippen LogP contribution in [0.15, 0.2) is 39.4 Å². The standard InChI is InChI=1S/C17H22N2O4S3/c1-13-6-8-15(26(22,23)19-10-4-3-5-11-19)12-16(13)18-25(20,21)17-9-7-14(2)24-17/h6-9,12,18H,3-5,10-11H2,1-2H3. The van der Waals surface area contributed by atoms with Crippen LogP contribution in [-0.2, 0) is 20.0 Å². The number of hydrogen-bond acceptors (Lipinski definition) is 5. The first-order chi connectivity index (χ1) is 12.2. The van der Waals surface area contributed by atoms with Crippen LogP contribution in [0, 0.1) is 13.8 Å². The van der Waals surface area contributed by atoms with Crippen molar-refractivity contribution in [1.82, 2.24) is 4.31 Å². The summed E-state index contributed by atoms with van der Waals surface area (Å²) in [5.74, 6) is 0. The first-order valence-electron chi connectivity index (χ1n) is 8.40. The van der Waals surface area contributed by atoms with Crippen LogP contribution in [0.1, 0.15) is 29.7 Å². The molecular weight excluding hydrogens is 392 g/mol. The molecule has 3 rings (SSSR count). The van der Waals surface area contributed by atoms with Gasteiger partial charge in [0.15, 0.2) is 0 Å². The summed E-state index contributed by atoms with van der Waals surface area (Å²) in [6.45, 7) is 4.59. The predicted molar refractivity (Wildman–Crippen MR) is 104 cm³/mol. The van der Waals surface area contributed by atoms with E-state index in [1.165, 1.54) is 27.8 Å². The lowest BCUT2D eigenvalue weighted by atomic mass is 10.2. The molecule has 9 heteroatoms. The molecule has 0 unspecified atom stereocenters. The number of nitrogens with zero attached hydrogens (tertiary/aromatic N) is 1. The number of nitrogens with one attached hydrogen (secondary N) is 1. The van der Waals surface area contributed by atoms with Crippen molar-refractivity contribution >= 4 is 37.1 Å². The van der Waals surface area contributed by atoms with Crippen molar-refractivity contribution in [2.75, 3.05) is 17.8 Å². The van der Waals surface area contributed by atoms with E-state index >= 15 is 0 Å². The molecular formula is C17H22N2O4S3. The van der Waals surface area contributed by atoms with Crippen LogP contribution in [0.25, 0.3) is 0 Å². The van der Waals surface area contributed by atoms with Crippen LogP contribution in [0.2, 0.25) is 0 Å². The lowest BCUT2D eigenvalue weighted by Gasteiger charge is -2.26. The van der Waals surface area contributed by atoms with Gasteiger partial charge in [-0.15, -0.1) is 11.3 Å². The van der Waals surface area contributed by atoms with E-state index in [0.29, 0.717) is 18.7 Å². The average molecular weight is 415 g/mol. The molecule has 0 spiro atoms. The van der Waals surface area contributed by atoms with E-state index < -0.39 is 20.0 Å². The molecule has 0 atom stereocenters. The third kappa shape index (κ3) is 3.95. The maximum absolute atomic E-state index is 12.8. The molecule has 0 aliphatic carbocycles. The van der Waals surface area contributed by atoms with Crippen LogP contribution in [-0.4, -0.2) is 34.2 Å². The van der Waals surface area contributed by atoms with Crippen molar-refractivity contribution in [3.8, 4) is 0 Å². The highest BCUT2D eigenvalue weighted by molar-refractivity contribution is 7.94. The zero-order valence-electron chi connectivity index (χ0n) is 14.7. The monoisotopic (exact) mass is 414 g/mol. The van der Waals surface area contributed by atoms with Crippen LogP contribution < -0.4 is 4.72 Å². The Bertz CT molecular complexity index is 1000. The van der Waals surface area contributed by atoms with Gasteiger partial charge in [0, 0.05) is 18.0 Å².